The lowest BCUT2D eigenvalue weighted by atomic mass is 10.1. The molecule has 0 aliphatic carbocycles. The Morgan fingerprint density at radius 1 is 0.743 bits per heavy atom. The third kappa shape index (κ3) is 5.43. The number of anilines is 2. The van der Waals surface area contributed by atoms with Crippen molar-refractivity contribution in [2.75, 3.05) is 37.9 Å². The molecule has 8 heteroatoms. The minimum atomic E-state index is -0.395. The highest BCUT2D eigenvalue weighted by Gasteiger charge is 2.25. The van der Waals surface area contributed by atoms with Crippen LogP contribution < -0.4 is 20.1 Å². The van der Waals surface area contributed by atoms with Crippen molar-refractivity contribution in [2.45, 2.75) is 12.8 Å². The number of carbonyl (C=O) groups is 3. The molecule has 1 aliphatic rings. The van der Waals surface area contributed by atoms with E-state index in [1.807, 2.05) is 6.07 Å². The first kappa shape index (κ1) is 23.8. The van der Waals surface area contributed by atoms with Gasteiger partial charge in [-0.3, -0.25) is 14.4 Å². The monoisotopic (exact) mass is 473 g/mol. The van der Waals surface area contributed by atoms with E-state index in [-0.39, 0.29) is 11.8 Å². The minimum Gasteiger partial charge on any atom is -0.493 e. The Morgan fingerprint density at radius 2 is 1.31 bits per heavy atom. The zero-order valence-corrected chi connectivity index (χ0v) is 19.7. The summed E-state index contributed by atoms with van der Waals surface area (Å²) in [7, 11) is 2.99. The van der Waals surface area contributed by atoms with Crippen molar-refractivity contribution in [3.8, 4) is 11.5 Å². The highest BCUT2D eigenvalue weighted by molar-refractivity contribution is 6.10. The second-order valence-corrected chi connectivity index (χ2v) is 8.10. The summed E-state index contributed by atoms with van der Waals surface area (Å²) in [5.74, 6) is 0.0100. The van der Waals surface area contributed by atoms with Crippen molar-refractivity contribution in [2.24, 2.45) is 0 Å². The topological polar surface area (TPSA) is 97.0 Å². The van der Waals surface area contributed by atoms with Gasteiger partial charge in [0, 0.05) is 36.0 Å². The average molecular weight is 474 g/mol. The summed E-state index contributed by atoms with van der Waals surface area (Å²) in [5.41, 5.74) is 2.15. The SMILES string of the molecule is COc1cc(NC(=O)c2ccc(NC(=O)c3ccccc3)cc2)c(C(=O)N2CCCC2)cc1OC. The van der Waals surface area contributed by atoms with Crippen LogP contribution in [0.2, 0.25) is 0 Å². The Bertz CT molecular complexity index is 1220. The van der Waals surface area contributed by atoms with Gasteiger partial charge < -0.3 is 25.0 Å². The van der Waals surface area contributed by atoms with Crippen LogP contribution in [-0.2, 0) is 0 Å². The summed E-state index contributed by atoms with van der Waals surface area (Å²) in [4.78, 5) is 40.3. The third-order valence-electron chi connectivity index (χ3n) is 5.84. The standard InChI is InChI=1S/C27H27N3O5/c1-34-23-16-21(27(33)30-14-6-7-15-30)22(17-24(23)35-2)29-26(32)19-10-12-20(13-11-19)28-25(31)18-8-4-3-5-9-18/h3-5,8-13,16-17H,6-7,14-15H2,1-2H3,(H,28,31)(H,29,32). The summed E-state index contributed by atoms with van der Waals surface area (Å²) in [6, 6.07) is 18.6. The number of benzene rings is 3. The molecule has 180 valence electrons. The highest BCUT2D eigenvalue weighted by atomic mass is 16.5. The third-order valence-corrected chi connectivity index (χ3v) is 5.84. The van der Waals surface area contributed by atoms with Crippen molar-refractivity contribution < 1.29 is 23.9 Å². The van der Waals surface area contributed by atoms with E-state index in [4.69, 9.17) is 9.47 Å². The fraction of sp³-hybridized carbons (Fsp3) is 0.222. The van der Waals surface area contributed by atoms with Gasteiger partial charge >= 0.3 is 0 Å². The van der Waals surface area contributed by atoms with Gasteiger partial charge in [-0.2, -0.15) is 0 Å². The lowest BCUT2D eigenvalue weighted by molar-refractivity contribution is 0.0793. The van der Waals surface area contributed by atoms with E-state index in [1.54, 1.807) is 65.6 Å². The van der Waals surface area contributed by atoms with Gasteiger partial charge in [0.05, 0.1) is 25.5 Å². The Labute approximate surface area is 203 Å². The number of carbonyl (C=O) groups excluding carboxylic acids is 3. The molecule has 3 aromatic carbocycles. The lowest BCUT2D eigenvalue weighted by Crippen LogP contribution is -2.29. The minimum absolute atomic E-state index is 0.169. The molecule has 2 N–H and O–H groups in total. The number of ether oxygens (including phenoxy) is 2. The molecule has 3 amide bonds. The van der Waals surface area contributed by atoms with E-state index >= 15 is 0 Å². The van der Waals surface area contributed by atoms with Crippen molar-refractivity contribution in [1.29, 1.82) is 0 Å². The van der Waals surface area contributed by atoms with Crippen LogP contribution in [0.4, 0.5) is 11.4 Å². The number of hydrogen-bond acceptors (Lipinski definition) is 5. The van der Waals surface area contributed by atoms with Crippen LogP contribution in [0, 0.1) is 0 Å². The molecule has 0 atom stereocenters. The summed E-state index contributed by atoms with van der Waals surface area (Å²) in [6.45, 7) is 1.35. The molecule has 3 aromatic rings. The van der Waals surface area contributed by atoms with Crippen molar-refractivity contribution in [3.63, 3.8) is 0 Å². The maximum Gasteiger partial charge on any atom is 0.256 e. The largest absolute Gasteiger partial charge is 0.493 e. The normalized spacial score (nSPS) is 12.7. The quantitative estimate of drug-likeness (QED) is 0.529. The number of nitrogens with one attached hydrogen (secondary N) is 2. The number of methoxy groups -OCH3 is 2. The number of nitrogens with zero attached hydrogens (tertiary/aromatic N) is 1. The van der Waals surface area contributed by atoms with Crippen molar-refractivity contribution in [3.05, 3.63) is 83.4 Å². The van der Waals surface area contributed by atoms with Gasteiger partial charge in [0.15, 0.2) is 11.5 Å². The number of likely N-dealkylation sites (tertiary alicyclic amines) is 1. The first-order valence-electron chi connectivity index (χ1n) is 11.3. The fourth-order valence-electron chi connectivity index (χ4n) is 3.94. The molecule has 0 bridgehead atoms. The van der Waals surface area contributed by atoms with Crippen molar-refractivity contribution in [1.82, 2.24) is 4.90 Å². The van der Waals surface area contributed by atoms with E-state index in [2.05, 4.69) is 10.6 Å². The fourth-order valence-corrected chi connectivity index (χ4v) is 3.94. The molecule has 1 aliphatic heterocycles. The number of rotatable bonds is 7. The van der Waals surface area contributed by atoms with E-state index in [0.717, 1.165) is 12.8 Å². The highest BCUT2D eigenvalue weighted by Crippen LogP contribution is 2.34. The van der Waals surface area contributed by atoms with E-state index in [9.17, 15) is 14.4 Å². The number of amides is 3. The van der Waals surface area contributed by atoms with Gasteiger partial charge in [0.2, 0.25) is 0 Å². The van der Waals surface area contributed by atoms with Crippen LogP contribution in [0.15, 0.2) is 66.7 Å². The molecule has 0 spiro atoms. The maximum absolute atomic E-state index is 13.2. The van der Waals surface area contributed by atoms with Gasteiger partial charge in [0.25, 0.3) is 17.7 Å². The van der Waals surface area contributed by atoms with Crippen LogP contribution in [0.25, 0.3) is 0 Å². The van der Waals surface area contributed by atoms with Crippen LogP contribution in [-0.4, -0.2) is 49.9 Å². The van der Waals surface area contributed by atoms with Gasteiger partial charge in [0.1, 0.15) is 0 Å². The van der Waals surface area contributed by atoms with Crippen molar-refractivity contribution >= 4 is 29.1 Å². The van der Waals surface area contributed by atoms with Crippen LogP contribution in [0.3, 0.4) is 0 Å². The van der Waals surface area contributed by atoms with Gasteiger partial charge in [-0.1, -0.05) is 18.2 Å². The van der Waals surface area contributed by atoms with Crippen LogP contribution in [0.5, 0.6) is 11.5 Å². The van der Waals surface area contributed by atoms with Crippen LogP contribution in [0.1, 0.15) is 43.9 Å². The van der Waals surface area contributed by atoms with E-state index < -0.39 is 5.91 Å². The molecule has 1 saturated heterocycles. The zero-order valence-electron chi connectivity index (χ0n) is 19.7. The van der Waals surface area contributed by atoms with E-state index in [0.29, 0.717) is 52.7 Å². The van der Waals surface area contributed by atoms with Crippen LogP contribution >= 0.6 is 0 Å². The smallest absolute Gasteiger partial charge is 0.256 e. The molecular weight excluding hydrogens is 446 g/mol. The lowest BCUT2D eigenvalue weighted by Gasteiger charge is -2.20. The molecule has 0 radical (unpaired) electrons. The van der Waals surface area contributed by atoms with E-state index in [1.165, 1.54) is 14.2 Å². The van der Waals surface area contributed by atoms with Gasteiger partial charge in [-0.05, 0) is 55.3 Å². The summed E-state index contributed by atoms with van der Waals surface area (Å²) >= 11 is 0. The summed E-state index contributed by atoms with van der Waals surface area (Å²) < 4.78 is 10.7. The van der Waals surface area contributed by atoms with Gasteiger partial charge in [-0.15, -0.1) is 0 Å². The molecule has 1 heterocycles. The summed E-state index contributed by atoms with van der Waals surface area (Å²) in [6.07, 6.45) is 1.90. The molecule has 4 rings (SSSR count). The molecule has 0 aromatic heterocycles. The number of hydrogen-bond donors (Lipinski definition) is 2. The van der Waals surface area contributed by atoms with Gasteiger partial charge in [-0.25, -0.2) is 0 Å². The first-order chi connectivity index (χ1) is 17.0. The Hall–Kier alpha value is -4.33. The second-order valence-electron chi connectivity index (χ2n) is 8.10. The second kappa shape index (κ2) is 10.7. The molecule has 0 saturated carbocycles. The molecule has 8 nitrogen and oxygen atoms in total. The molecule has 0 unspecified atom stereocenters. The average Bonchev–Trinajstić information content (AvgIpc) is 3.44. The maximum atomic E-state index is 13.2. The summed E-state index contributed by atoms with van der Waals surface area (Å²) in [5, 5.41) is 5.64. The predicted octanol–water partition coefficient (Wildman–Crippen LogP) is 4.44. The molecule has 1 fully saturated rings. The predicted molar refractivity (Wildman–Crippen MR) is 133 cm³/mol. The zero-order chi connectivity index (χ0) is 24.8. The first-order valence-corrected chi connectivity index (χ1v) is 11.3. The molecular formula is C27H27N3O5. The Balaban J connectivity index is 1.53. The Kier molecular flexibility index (Phi) is 7.30. The molecule has 35 heavy (non-hydrogen) atoms. The Morgan fingerprint density at radius 3 is 1.94 bits per heavy atom.